The van der Waals surface area contributed by atoms with Gasteiger partial charge in [0, 0.05) is 53.8 Å². The van der Waals surface area contributed by atoms with E-state index in [2.05, 4.69) is 62.5 Å². The Morgan fingerprint density at radius 2 is 1.77 bits per heavy atom. The lowest BCUT2D eigenvalue weighted by atomic mass is 10.1. The van der Waals surface area contributed by atoms with Crippen molar-refractivity contribution < 1.29 is 0 Å². The maximum absolute atomic E-state index is 6.10. The zero-order chi connectivity index (χ0) is 21.6. The Morgan fingerprint density at radius 3 is 2.61 bits per heavy atom. The highest BCUT2D eigenvalue weighted by Gasteiger charge is 2.07. The molecule has 2 aromatic carbocycles. The van der Waals surface area contributed by atoms with E-state index in [0.29, 0.717) is 11.6 Å². The molecule has 158 valence electrons. The lowest BCUT2D eigenvalue weighted by Gasteiger charge is -2.18. The highest BCUT2D eigenvalue weighted by molar-refractivity contribution is 6.31. The summed E-state index contributed by atoms with van der Waals surface area (Å²) in [7, 11) is 0. The van der Waals surface area contributed by atoms with Gasteiger partial charge in [0.1, 0.15) is 5.82 Å². The van der Waals surface area contributed by atoms with Gasteiger partial charge in [-0.05, 0) is 61.9 Å². The van der Waals surface area contributed by atoms with Crippen molar-refractivity contribution >= 4 is 45.6 Å². The van der Waals surface area contributed by atoms with Crippen LogP contribution in [-0.4, -0.2) is 28.0 Å². The molecule has 0 aliphatic heterocycles. The van der Waals surface area contributed by atoms with Crippen LogP contribution in [0.25, 0.3) is 10.9 Å². The molecule has 0 fully saturated rings. The van der Waals surface area contributed by atoms with Crippen molar-refractivity contribution in [2.45, 2.75) is 20.4 Å². The lowest BCUT2D eigenvalue weighted by molar-refractivity contribution is 0.821. The topological polar surface area (TPSA) is 66.0 Å². The third-order valence-corrected chi connectivity index (χ3v) is 5.31. The first kappa shape index (κ1) is 20.9. The van der Waals surface area contributed by atoms with Crippen LogP contribution in [0.15, 0.2) is 67.0 Å². The molecule has 2 aromatic heterocycles. The zero-order valence-corrected chi connectivity index (χ0v) is 18.4. The van der Waals surface area contributed by atoms with Crippen LogP contribution in [0.3, 0.4) is 0 Å². The van der Waals surface area contributed by atoms with Crippen molar-refractivity contribution in [2.24, 2.45) is 0 Å². The number of benzene rings is 2. The normalized spacial score (nSPS) is 10.8. The molecular weight excluding hydrogens is 408 g/mol. The number of nitrogens with zero attached hydrogens (tertiary/aromatic N) is 4. The molecule has 4 rings (SSSR count). The molecule has 0 bridgehead atoms. The summed E-state index contributed by atoms with van der Waals surface area (Å²) in [4.78, 5) is 15.5. The minimum absolute atomic E-state index is 0.664. The summed E-state index contributed by atoms with van der Waals surface area (Å²) in [6, 6.07) is 17.9. The van der Waals surface area contributed by atoms with Crippen LogP contribution in [0, 0.1) is 0 Å². The van der Waals surface area contributed by atoms with Gasteiger partial charge < -0.3 is 15.5 Å². The van der Waals surface area contributed by atoms with Gasteiger partial charge in [0.25, 0.3) is 0 Å². The second-order valence-electron chi connectivity index (χ2n) is 7.11. The highest BCUT2D eigenvalue weighted by Crippen LogP contribution is 2.27. The fraction of sp³-hybridized carbons (Fsp3) is 0.208. The number of hydrogen-bond acceptors (Lipinski definition) is 6. The largest absolute Gasteiger partial charge is 0.366 e. The molecule has 0 atom stereocenters. The molecule has 6 nitrogen and oxygen atoms in total. The number of nitrogens with one attached hydrogen (secondary N) is 2. The Balaban J connectivity index is 1.48. The van der Waals surface area contributed by atoms with Gasteiger partial charge in [-0.25, -0.2) is 4.98 Å². The predicted molar refractivity (Wildman–Crippen MR) is 129 cm³/mol. The Labute approximate surface area is 187 Å². The smallest absolute Gasteiger partial charge is 0.227 e. The molecule has 0 saturated carbocycles. The van der Waals surface area contributed by atoms with Crippen LogP contribution in [0.4, 0.5) is 23.1 Å². The minimum atomic E-state index is 0.664. The average Bonchev–Trinajstić information content (AvgIpc) is 2.79. The summed E-state index contributed by atoms with van der Waals surface area (Å²) >= 11 is 6.10. The van der Waals surface area contributed by atoms with E-state index in [1.807, 2.05) is 36.4 Å². The Morgan fingerprint density at radius 1 is 0.935 bits per heavy atom. The fourth-order valence-electron chi connectivity index (χ4n) is 3.44. The summed E-state index contributed by atoms with van der Waals surface area (Å²) < 4.78 is 0. The average molecular weight is 433 g/mol. The summed E-state index contributed by atoms with van der Waals surface area (Å²) in [5.74, 6) is 1.56. The first-order chi connectivity index (χ1) is 15.2. The predicted octanol–water partition coefficient (Wildman–Crippen LogP) is 5.88. The highest BCUT2D eigenvalue weighted by atomic mass is 35.5. The van der Waals surface area contributed by atoms with Crippen LogP contribution in [0.2, 0.25) is 5.02 Å². The number of aromatic nitrogens is 3. The summed E-state index contributed by atoms with van der Waals surface area (Å²) in [5, 5.41) is 8.61. The van der Waals surface area contributed by atoms with Crippen molar-refractivity contribution in [1.29, 1.82) is 0 Å². The SMILES string of the molecule is CCN(CC)c1nccc(NCc2cccc(Nc3ccnc4cc(Cl)ccc34)c2)n1. The maximum Gasteiger partial charge on any atom is 0.227 e. The van der Waals surface area contributed by atoms with E-state index in [9.17, 15) is 0 Å². The third-order valence-electron chi connectivity index (χ3n) is 5.07. The number of anilines is 4. The number of fused-ring (bicyclic) bond motifs is 1. The van der Waals surface area contributed by atoms with Gasteiger partial charge >= 0.3 is 0 Å². The minimum Gasteiger partial charge on any atom is -0.366 e. The van der Waals surface area contributed by atoms with Crippen LogP contribution in [0.1, 0.15) is 19.4 Å². The first-order valence-electron chi connectivity index (χ1n) is 10.4. The van der Waals surface area contributed by atoms with E-state index in [-0.39, 0.29) is 0 Å². The van der Waals surface area contributed by atoms with Gasteiger partial charge in [-0.2, -0.15) is 4.98 Å². The second kappa shape index (κ2) is 9.62. The van der Waals surface area contributed by atoms with Crippen LogP contribution in [0.5, 0.6) is 0 Å². The van der Waals surface area contributed by atoms with Gasteiger partial charge in [0.05, 0.1) is 5.52 Å². The first-order valence-corrected chi connectivity index (χ1v) is 10.8. The maximum atomic E-state index is 6.10. The van der Waals surface area contributed by atoms with Crippen LogP contribution in [-0.2, 0) is 6.54 Å². The monoisotopic (exact) mass is 432 g/mol. The lowest BCUT2D eigenvalue weighted by Crippen LogP contribution is -2.24. The van der Waals surface area contributed by atoms with Gasteiger partial charge in [-0.1, -0.05) is 23.7 Å². The molecule has 0 aliphatic rings. The molecule has 0 amide bonds. The van der Waals surface area contributed by atoms with Gasteiger partial charge in [-0.3, -0.25) is 4.98 Å². The molecule has 7 heteroatoms. The molecule has 0 saturated heterocycles. The van der Waals surface area contributed by atoms with E-state index >= 15 is 0 Å². The van der Waals surface area contributed by atoms with Crippen molar-refractivity contribution in [1.82, 2.24) is 15.0 Å². The molecule has 2 N–H and O–H groups in total. The molecular formula is C24H25ClN6. The zero-order valence-electron chi connectivity index (χ0n) is 17.6. The van der Waals surface area contributed by atoms with Crippen LogP contribution < -0.4 is 15.5 Å². The van der Waals surface area contributed by atoms with E-state index in [1.54, 1.807) is 12.4 Å². The molecule has 0 radical (unpaired) electrons. The van der Waals surface area contributed by atoms with Gasteiger partial charge in [0.15, 0.2) is 0 Å². The van der Waals surface area contributed by atoms with Crippen molar-refractivity contribution in [3.63, 3.8) is 0 Å². The Bertz CT molecular complexity index is 1180. The standard InChI is InChI=1S/C24H25ClN6/c1-3-31(4-2)24-27-13-11-23(30-24)28-16-17-6-5-7-19(14-17)29-21-10-12-26-22-15-18(25)8-9-20(21)22/h5-15H,3-4,16H2,1-2H3,(H,26,29)(H,27,28,30). The number of rotatable bonds is 8. The van der Waals surface area contributed by atoms with Crippen molar-refractivity contribution in [2.75, 3.05) is 28.6 Å². The van der Waals surface area contributed by atoms with Crippen molar-refractivity contribution in [3.05, 3.63) is 77.6 Å². The third kappa shape index (κ3) is 5.03. The molecule has 0 aliphatic carbocycles. The quantitative estimate of drug-likeness (QED) is 0.362. The molecule has 2 heterocycles. The van der Waals surface area contributed by atoms with E-state index < -0.39 is 0 Å². The molecule has 0 spiro atoms. The second-order valence-corrected chi connectivity index (χ2v) is 7.55. The van der Waals surface area contributed by atoms with Crippen molar-refractivity contribution in [3.8, 4) is 0 Å². The fourth-order valence-corrected chi connectivity index (χ4v) is 3.61. The van der Waals surface area contributed by atoms with E-state index in [0.717, 1.165) is 52.7 Å². The van der Waals surface area contributed by atoms with Gasteiger partial charge in [0.2, 0.25) is 5.95 Å². The van der Waals surface area contributed by atoms with Crippen LogP contribution >= 0.6 is 11.6 Å². The van der Waals surface area contributed by atoms with Gasteiger partial charge in [-0.15, -0.1) is 0 Å². The number of pyridine rings is 1. The van der Waals surface area contributed by atoms with E-state index in [1.165, 1.54) is 0 Å². The summed E-state index contributed by atoms with van der Waals surface area (Å²) in [6.07, 6.45) is 3.58. The molecule has 31 heavy (non-hydrogen) atoms. The van der Waals surface area contributed by atoms with E-state index in [4.69, 9.17) is 11.6 Å². The Kier molecular flexibility index (Phi) is 6.48. The Hall–Kier alpha value is -3.38. The molecule has 0 unspecified atom stereocenters. The summed E-state index contributed by atoms with van der Waals surface area (Å²) in [5.41, 5.74) is 4.01. The molecule has 4 aromatic rings. The summed E-state index contributed by atoms with van der Waals surface area (Å²) in [6.45, 7) is 6.63. The number of halogens is 1. The number of hydrogen-bond donors (Lipinski definition) is 2.